The summed E-state index contributed by atoms with van der Waals surface area (Å²) in [6.07, 6.45) is -23.0. The molecule has 10 N–H and O–H groups in total. The van der Waals surface area contributed by atoms with Crippen LogP contribution < -0.4 is 0 Å². The van der Waals surface area contributed by atoms with Gasteiger partial charge in [-0.05, 0) is 0 Å². The zero-order valence-electron chi connectivity index (χ0n) is 16.7. The van der Waals surface area contributed by atoms with E-state index in [1.165, 1.54) is 0 Å². The molecule has 0 amide bonds. The molecule has 0 aromatic heterocycles. The zero-order chi connectivity index (χ0) is 23.7. The number of hydrogen-bond acceptors (Lipinski definition) is 15. The van der Waals surface area contributed by atoms with E-state index >= 15 is 0 Å². The summed E-state index contributed by atoms with van der Waals surface area (Å²) in [6.45, 7) is -1.90. The zero-order valence-corrected chi connectivity index (χ0v) is 16.7. The Kier molecular flexibility index (Phi) is 8.75. The van der Waals surface area contributed by atoms with Crippen molar-refractivity contribution in [3.63, 3.8) is 0 Å². The van der Waals surface area contributed by atoms with Crippen LogP contribution in [0.2, 0.25) is 0 Å². The summed E-state index contributed by atoms with van der Waals surface area (Å²) in [5.41, 5.74) is 0. The lowest BCUT2D eigenvalue weighted by atomic mass is 9.96. The average Bonchev–Trinajstić information content (AvgIpc) is 2.78. The molecule has 15 heteroatoms. The number of rotatable bonds is 6. The van der Waals surface area contributed by atoms with Crippen molar-refractivity contribution in [3.8, 4) is 0 Å². The predicted molar refractivity (Wildman–Crippen MR) is 95.2 cm³/mol. The van der Waals surface area contributed by atoms with E-state index in [4.69, 9.17) is 23.7 Å². The van der Waals surface area contributed by atoms with Crippen molar-refractivity contribution in [2.75, 3.05) is 19.8 Å². The highest BCUT2D eigenvalue weighted by Gasteiger charge is 2.52. The molecule has 0 aromatic carbocycles. The summed E-state index contributed by atoms with van der Waals surface area (Å²) in [6, 6.07) is 0. The second kappa shape index (κ2) is 10.8. The first kappa shape index (κ1) is 26.0. The molecule has 1 unspecified atom stereocenters. The van der Waals surface area contributed by atoms with Gasteiger partial charge in [0.25, 0.3) is 0 Å². The number of aliphatic hydroxyl groups is 10. The fourth-order valence-corrected chi connectivity index (χ4v) is 3.74. The Hall–Kier alpha value is -0.600. The second-order valence-electron chi connectivity index (χ2n) is 7.89. The van der Waals surface area contributed by atoms with Gasteiger partial charge < -0.3 is 74.7 Å². The van der Waals surface area contributed by atoms with Gasteiger partial charge >= 0.3 is 0 Å². The topological polar surface area (TPSA) is 248 Å². The number of aliphatic hydroxyl groups excluding tert-OH is 10. The van der Waals surface area contributed by atoms with Gasteiger partial charge in [0.1, 0.15) is 67.1 Å². The molecular weight excluding hydrogens is 444 g/mol. The van der Waals surface area contributed by atoms with E-state index in [0.29, 0.717) is 0 Å². The molecule has 0 aliphatic carbocycles. The highest BCUT2D eigenvalue weighted by atomic mass is 16.7. The van der Waals surface area contributed by atoms with E-state index in [1.807, 2.05) is 0 Å². The maximum atomic E-state index is 10.7. The van der Waals surface area contributed by atoms with Gasteiger partial charge in [-0.25, -0.2) is 0 Å². The van der Waals surface area contributed by atoms with Crippen LogP contribution in [0.4, 0.5) is 0 Å². The SMILES string of the molecule is OC[C@H]1OC(O[C@@H]2[C@@H](O)[C@@H](O[C@@H]3[C@@H](O)[C@H](O)CO[C@@H]3O)O[C@H](CO)[C@H]2O)[C@H](O)[C@@H](O)[C@@H]1O. The first-order chi connectivity index (χ1) is 15.1. The Morgan fingerprint density at radius 3 is 1.72 bits per heavy atom. The smallest absolute Gasteiger partial charge is 0.187 e. The molecule has 0 spiro atoms. The molecule has 188 valence electrons. The Morgan fingerprint density at radius 2 is 1.12 bits per heavy atom. The van der Waals surface area contributed by atoms with Crippen LogP contribution in [0.25, 0.3) is 0 Å². The standard InChI is InChI=1S/C17H30O15/c18-1-5-8(22)10(24)11(25)16(29-5)31-13-9(23)6(2-19)30-17(12(13)26)32-14-7(21)4(20)3-28-15(14)27/h4-27H,1-3H2/t4-,5-,6-,7+,8-,9-,10+,11-,12-,13+,14-,15+,16?,17-/m1/s1. The largest absolute Gasteiger partial charge is 0.394 e. The van der Waals surface area contributed by atoms with Crippen LogP contribution in [0.15, 0.2) is 0 Å². The minimum absolute atomic E-state index is 0.378. The van der Waals surface area contributed by atoms with E-state index in [9.17, 15) is 51.1 Å². The van der Waals surface area contributed by atoms with Crippen molar-refractivity contribution in [3.05, 3.63) is 0 Å². The Bertz CT molecular complexity index is 594. The van der Waals surface area contributed by atoms with Crippen molar-refractivity contribution in [2.24, 2.45) is 0 Å². The summed E-state index contributed by atoms with van der Waals surface area (Å²) in [7, 11) is 0. The van der Waals surface area contributed by atoms with Crippen LogP contribution in [-0.4, -0.2) is 157 Å². The molecule has 0 saturated carbocycles. The molecule has 3 fully saturated rings. The Morgan fingerprint density at radius 1 is 0.594 bits per heavy atom. The van der Waals surface area contributed by atoms with Gasteiger partial charge in [-0.1, -0.05) is 0 Å². The Labute approximate surface area is 181 Å². The van der Waals surface area contributed by atoms with Crippen LogP contribution in [0.1, 0.15) is 0 Å². The van der Waals surface area contributed by atoms with Crippen molar-refractivity contribution >= 4 is 0 Å². The molecule has 0 radical (unpaired) electrons. The van der Waals surface area contributed by atoms with Gasteiger partial charge in [0.05, 0.1) is 19.8 Å². The monoisotopic (exact) mass is 474 g/mol. The van der Waals surface area contributed by atoms with Gasteiger partial charge in [-0.3, -0.25) is 0 Å². The average molecular weight is 474 g/mol. The maximum Gasteiger partial charge on any atom is 0.187 e. The Balaban J connectivity index is 1.76. The minimum Gasteiger partial charge on any atom is -0.394 e. The van der Waals surface area contributed by atoms with E-state index in [2.05, 4.69) is 0 Å². The van der Waals surface area contributed by atoms with E-state index in [-0.39, 0.29) is 6.61 Å². The van der Waals surface area contributed by atoms with Crippen molar-refractivity contribution in [1.29, 1.82) is 0 Å². The molecule has 0 aromatic rings. The van der Waals surface area contributed by atoms with Gasteiger partial charge in [0.15, 0.2) is 18.9 Å². The number of ether oxygens (including phenoxy) is 5. The summed E-state index contributed by atoms with van der Waals surface area (Å²) in [5.74, 6) is 0. The van der Waals surface area contributed by atoms with E-state index in [1.54, 1.807) is 0 Å². The molecule has 3 heterocycles. The van der Waals surface area contributed by atoms with E-state index < -0.39 is 99.2 Å². The first-order valence-corrected chi connectivity index (χ1v) is 10.00. The maximum absolute atomic E-state index is 10.7. The quantitative estimate of drug-likeness (QED) is 0.172. The van der Waals surface area contributed by atoms with Gasteiger partial charge in [0, 0.05) is 0 Å². The molecule has 15 nitrogen and oxygen atoms in total. The van der Waals surface area contributed by atoms with Gasteiger partial charge in [-0.15, -0.1) is 0 Å². The van der Waals surface area contributed by atoms with Gasteiger partial charge in [-0.2, -0.15) is 0 Å². The normalized spacial score (nSPS) is 52.7. The van der Waals surface area contributed by atoms with Crippen molar-refractivity contribution in [1.82, 2.24) is 0 Å². The predicted octanol–water partition coefficient (Wildman–Crippen LogP) is -6.93. The summed E-state index contributed by atoms with van der Waals surface area (Å²) in [5, 5.41) is 99.5. The first-order valence-electron chi connectivity index (χ1n) is 10.00. The van der Waals surface area contributed by atoms with E-state index in [0.717, 1.165) is 0 Å². The molecule has 14 atom stereocenters. The highest BCUT2D eigenvalue weighted by molar-refractivity contribution is 4.95. The molecule has 0 bridgehead atoms. The van der Waals surface area contributed by atoms with Crippen LogP contribution in [0.3, 0.4) is 0 Å². The second-order valence-corrected chi connectivity index (χ2v) is 7.89. The summed E-state index contributed by atoms with van der Waals surface area (Å²) in [4.78, 5) is 0. The third kappa shape index (κ3) is 5.07. The molecule has 3 aliphatic rings. The van der Waals surface area contributed by atoms with Crippen molar-refractivity contribution in [2.45, 2.75) is 86.0 Å². The lowest BCUT2D eigenvalue weighted by Gasteiger charge is -2.47. The van der Waals surface area contributed by atoms with Gasteiger partial charge in [0.2, 0.25) is 0 Å². The van der Waals surface area contributed by atoms with Crippen LogP contribution in [0.5, 0.6) is 0 Å². The lowest BCUT2D eigenvalue weighted by Crippen LogP contribution is -2.66. The fraction of sp³-hybridized carbons (Fsp3) is 1.00. The van der Waals surface area contributed by atoms with Crippen LogP contribution >= 0.6 is 0 Å². The third-order valence-corrected chi connectivity index (χ3v) is 5.70. The van der Waals surface area contributed by atoms with Crippen LogP contribution in [-0.2, 0) is 23.7 Å². The molecule has 32 heavy (non-hydrogen) atoms. The fourth-order valence-electron chi connectivity index (χ4n) is 3.74. The molecule has 3 rings (SSSR count). The molecular formula is C17H30O15. The molecule has 3 aliphatic heterocycles. The number of hydrogen-bond donors (Lipinski definition) is 10. The summed E-state index contributed by atoms with van der Waals surface area (Å²) >= 11 is 0. The van der Waals surface area contributed by atoms with Crippen molar-refractivity contribution < 1.29 is 74.7 Å². The minimum atomic E-state index is -1.86. The van der Waals surface area contributed by atoms with Crippen LogP contribution in [0, 0.1) is 0 Å². The molecule has 3 saturated heterocycles. The highest BCUT2D eigenvalue weighted by Crippen LogP contribution is 2.31. The third-order valence-electron chi connectivity index (χ3n) is 5.70. The summed E-state index contributed by atoms with van der Waals surface area (Å²) < 4.78 is 26.1. The lowest BCUT2D eigenvalue weighted by molar-refractivity contribution is -0.378.